The van der Waals surface area contributed by atoms with Gasteiger partial charge in [0.15, 0.2) is 0 Å². The number of nitrogens with zero attached hydrogens (tertiary/aromatic N) is 2. The van der Waals surface area contributed by atoms with E-state index in [2.05, 4.69) is 54.0 Å². The molecule has 0 radical (unpaired) electrons. The van der Waals surface area contributed by atoms with Crippen LogP contribution >= 0.6 is 0 Å². The minimum absolute atomic E-state index is 0.883. The molecule has 0 unspecified atom stereocenters. The van der Waals surface area contributed by atoms with E-state index in [1.54, 1.807) is 7.11 Å². The molecule has 1 aromatic heterocycles. The molecule has 2 aromatic carbocycles. The first-order chi connectivity index (χ1) is 13.8. The Labute approximate surface area is 169 Å². The summed E-state index contributed by atoms with van der Waals surface area (Å²) < 4.78 is 7.82. The molecule has 0 N–H and O–H groups in total. The average Bonchev–Trinajstić information content (AvgIpc) is 3.09. The van der Waals surface area contributed by atoms with Crippen LogP contribution in [0, 0.1) is 0 Å². The molecule has 3 nitrogen and oxygen atoms in total. The first-order valence-electron chi connectivity index (χ1n) is 10.6. The Hall–Kier alpha value is -2.55. The summed E-state index contributed by atoms with van der Waals surface area (Å²) >= 11 is 0. The van der Waals surface area contributed by atoms with E-state index in [1.165, 1.54) is 50.5 Å². The van der Waals surface area contributed by atoms with Crippen molar-refractivity contribution in [2.75, 3.05) is 7.11 Å². The van der Waals surface area contributed by atoms with Crippen LogP contribution in [0.3, 0.4) is 0 Å². The fourth-order valence-electron chi connectivity index (χ4n) is 3.65. The molecule has 3 heteroatoms. The number of methoxy groups -OCH3 is 1. The second-order valence-corrected chi connectivity index (χ2v) is 7.31. The molecule has 0 saturated heterocycles. The number of rotatable bonds is 11. The smallest absolute Gasteiger partial charge is 0.133 e. The molecule has 0 aliphatic rings. The Morgan fingerprint density at radius 3 is 2.39 bits per heavy atom. The number of unbranched alkanes of at least 4 members (excludes halogenated alkanes) is 6. The van der Waals surface area contributed by atoms with E-state index in [1.807, 2.05) is 18.2 Å². The first-order valence-corrected chi connectivity index (χ1v) is 10.6. The van der Waals surface area contributed by atoms with Crippen molar-refractivity contribution in [3.63, 3.8) is 0 Å². The van der Waals surface area contributed by atoms with Crippen LogP contribution in [0.5, 0.6) is 5.75 Å². The molecule has 0 amide bonds. The third-order valence-electron chi connectivity index (χ3n) is 5.22. The number of hydrogen-bond donors (Lipinski definition) is 0. The van der Waals surface area contributed by atoms with Crippen LogP contribution in [0.2, 0.25) is 0 Å². The zero-order valence-corrected chi connectivity index (χ0v) is 17.2. The van der Waals surface area contributed by atoms with Gasteiger partial charge in [-0.3, -0.25) is 0 Å². The summed E-state index contributed by atoms with van der Waals surface area (Å²) in [5, 5.41) is 0. The summed E-state index contributed by atoms with van der Waals surface area (Å²) in [5.74, 6) is 1.89. The average molecular weight is 377 g/mol. The maximum Gasteiger partial charge on any atom is 0.133 e. The van der Waals surface area contributed by atoms with Gasteiger partial charge in [0.25, 0.3) is 0 Å². The number of aromatic nitrogens is 2. The molecule has 3 rings (SSSR count). The molecule has 0 aliphatic heterocycles. The van der Waals surface area contributed by atoms with Crippen LogP contribution in [-0.2, 0) is 6.54 Å². The van der Waals surface area contributed by atoms with Crippen molar-refractivity contribution in [1.29, 1.82) is 0 Å². The van der Waals surface area contributed by atoms with Gasteiger partial charge in [-0.15, -0.1) is 0 Å². The zero-order chi connectivity index (χ0) is 19.6. The highest BCUT2D eigenvalue weighted by Crippen LogP contribution is 2.22. The van der Waals surface area contributed by atoms with E-state index < -0.39 is 0 Å². The van der Waals surface area contributed by atoms with Crippen molar-refractivity contribution in [2.45, 2.75) is 58.4 Å². The predicted molar refractivity (Wildman–Crippen MR) is 120 cm³/mol. The van der Waals surface area contributed by atoms with E-state index in [-0.39, 0.29) is 0 Å². The molecule has 148 valence electrons. The zero-order valence-electron chi connectivity index (χ0n) is 17.2. The third kappa shape index (κ3) is 5.25. The topological polar surface area (TPSA) is 27.1 Å². The number of fused-ring (bicyclic) bond motifs is 1. The normalized spacial score (nSPS) is 11.5. The lowest BCUT2D eigenvalue weighted by molar-refractivity contribution is 0.414. The largest absolute Gasteiger partial charge is 0.496 e. The standard InChI is InChI=1S/C25H32N2O/c1-3-4-5-6-7-8-13-20-27-23-16-11-10-15-22(23)26-25(27)19-18-21-14-9-12-17-24(21)28-2/h9-12,14-19H,3-8,13,20H2,1-2H3. The lowest BCUT2D eigenvalue weighted by Crippen LogP contribution is -2.01. The molecule has 0 bridgehead atoms. The molecule has 0 atom stereocenters. The van der Waals surface area contributed by atoms with E-state index in [9.17, 15) is 0 Å². The highest BCUT2D eigenvalue weighted by Gasteiger charge is 2.08. The lowest BCUT2D eigenvalue weighted by Gasteiger charge is -2.08. The molecule has 0 spiro atoms. The fraction of sp³-hybridized carbons (Fsp3) is 0.400. The van der Waals surface area contributed by atoms with Gasteiger partial charge in [0.2, 0.25) is 0 Å². The van der Waals surface area contributed by atoms with E-state index in [0.29, 0.717) is 0 Å². The lowest BCUT2D eigenvalue weighted by atomic mass is 10.1. The van der Waals surface area contributed by atoms with Gasteiger partial charge in [0.1, 0.15) is 11.6 Å². The quantitative estimate of drug-likeness (QED) is 0.338. The monoisotopic (exact) mass is 376 g/mol. The van der Waals surface area contributed by atoms with Gasteiger partial charge in [-0.2, -0.15) is 0 Å². The maximum atomic E-state index is 5.46. The fourth-order valence-corrected chi connectivity index (χ4v) is 3.65. The van der Waals surface area contributed by atoms with Crippen molar-refractivity contribution in [3.05, 3.63) is 59.9 Å². The number of benzene rings is 2. The Morgan fingerprint density at radius 2 is 1.57 bits per heavy atom. The maximum absolute atomic E-state index is 5.46. The van der Waals surface area contributed by atoms with Crippen molar-refractivity contribution < 1.29 is 4.74 Å². The summed E-state index contributed by atoms with van der Waals surface area (Å²) in [5.41, 5.74) is 3.35. The van der Waals surface area contributed by atoms with Crippen molar-refractivity contribution in [1.82, 2.24) is 9.55 Å². The van der Waals surface area contributed by atoms with Gasteiger partial charge in [0, 0.05) is 12.1 Å². The van der Waals surface area contributed by atoms with Crippen LogP contribution in [0.15, 0.2) is 48.5 Å². The second kappa shape index (κ2) is 10.7. The highest BCUT2D eigenvalue weighted by atomic mass is 16.5. The van der Waals surface area contributed by atoms with E-state index >= 15 is 0 Å². The van der Waals surface area contributed by atoms with Gasteiger partial charge < -0.3 is 9.30 Å². The Balaban J connectivity index is 1.73. The van der Waals surface area contributed by atoms with Crippen LogP contribution < -0.4 is 4.74 Å². The van der Waals surface area contributed by atoms with Crippen molar-refractivity contribution >= 4 is 23.2 Å². The van der Waals surface area contributed by atoms with Crippen LogP contribution in [-0.4, -0.2) is 16.7 Å². The Kier molecular flexibility index (Phi) is 7.71. The molecule has 1 heterocycles. The van der Waals surface area contributed by atoms with Crippen LogP contribution in [0.1, 0.15) is 63.3 Å². The molecule has 28 heavy (non-hydrogen) atoms. The molecule has 0 aliphatic carbocycles. The van der Waals surface area contributed by atoms with Crippen LogP contribution in [0.4, 0.5) is 0 Å². The summed E-state index contributed by atoms with van der Waals surface area (Å²) in [6, 6.07) is 16.5. The predicted octanol–water partition coefficient (Wildman–Crippen LogP) is 6.97. The van der Waals surface area contributed by atoms with E-state index in [0.717, 1.165) is 29.2 Å². The van der Waals surface area contributed by atoms with Gasteiger partial charge in [-0.05, 0) is 36.8 Å². The number of para-hydroxylation sites is 3. The van der Waals surface area contributed by atoms with Gasteiger partial charge in [0.05, 0.1) is 18.1 Å². The van der Waals surface area contributed by atoms with E-state index in [4.69, 9.17) is 9.72 Å². The Morgan fingerprint density at radius 1 is 0.857 bits per heavy atom. The first kappa shape index (κ1) is 20.2. The summed E-state index contributed by atoms with van der Waals surface area (Å²) in [7, 11) is 1.71. The minimum Gasteiger partial charge on any atom is -0.496 e. The minimum atomic E-state index is 0.883. The number of imidazole rings is 1. The van der Waals surface area contributed by atoms with Gasteiger partial charge >= 0.3 is 0 Å². The molecule has 0 fully saturated rings. The van der Waals surface area contributed by atoms with Crippen molar-refractivity contribution in [3.8, 4) is 5.75 Å². The Bertz CT molecular complexity index is 894. The van der Waals surface area contributed by atoms with Crippen molar-refractivity contribution in [2.24, 2.45) is 0 Å². The number of aryl methyl sites for hydroxylation is 1. The number of ether oxygens (including phenoxy) is 1. The SMILES string of the molecule is CCCCCCCCCn1c(C=Cc2ccccc2OC)nc2ccccc21. The third-order valence-corrected chi connectivity index (χ3v) is 5.22. The number of hydrogen-bond acceptors (Lipinski definition) is 2. The van der Waals surface area contributed by atoms with Gasteiger partial charge in [-0.1, -0.05) is 75.8 Å². The molecule has 3 aromatic rings. The van der Waals surface area contributed by atoms with Gasteiger partial charge in [-0.25, -0.2) is 4.98 Å². The summed E-state index contributed by atoms with van der Waals surface area (Å²) in [6.07, 6.45) is 13.4. The summed E-state index contributed by atoms with van der Waals surface area (Å²) in [4.78, 5) is 4.86. The van der Waals surface area contributed by atoms with Crippen LogP contribution in [0.25, 0.3) is 23.2 Å². The molecular formula is C25H32N2O. The second-order valence-electron chi connectivity index (χ2n) is 7.31. The summed E-state index contributed by atoms with van der Waals surface area (Å²) in [6.45, 7) is 3.28. The molecular weight excluding hydrogens is 344 g/mol. The highest BCUT2D eigenvalue weighted by molar-refractivity contribution is 5.80. The molecule has 0 saturated carbocycles.